The lowest BCUT2D eigenvalue weighted by Crippen LogP contribution is -2.49. The van der Waals surface area contributed by atoms with Crippen molar-refractivity contribution >= 4 is 33.7 Å². The van der Waals surface area contributed by atoms with Gasteiger partial charge >= 0.3 is 22.2 Å². The summed E-state index contributed by atoms with van der Waals surface area (Å²) < 4.78 is 42.6. The maximum Gasteiger partial charge on any atom is 0.364 e. The predicted octanol–water partition coefficient (Wildman–Crippen LogP) is 3.21. The van der Waals surface area contributed by atoms with Crippen LogP contribution in [0.3, 0.4) is 0 Å². The van der Waals surface area contributed by atoms with Gasteiger partial charge in [0, 0.05) is 12.1 Å². The molecule has 0 radical (unpaired) electrons. The molecule has 4 N–H and O–H groups in total. The van der Waals surface area contributed by atoms with E-state index in [0.29, 0.717) is 24.6 Å². The number of rotatable bonds is 11. The summed E-state index contributed by atoms with van der Waals surface area (Å²) in [6.07, 6.45) is -1.46. The Hall–Kier alpha value is -4.00. The van der Waals surface area contributed by atoms with Gasteiger partial charge in [0.1, 0.15) is 17.7 Å². The maximum absolute atomic E-state index is 13.0. The van der Waals surface area contributed by atoms with Crippen LogP contribution >= 0.6 is 0 Å². The standard InChI is InChI=1S/C27H32N4O7S/c1-27(2,3)38-39(34,35)31(21-9-5-4-6-10-21)24(29)18-25(32)37-26(33)19-12-14-22(15-13-19)36-17-16-20-8-7-11-23(28)30-20/h4-15,24H,16-18,29H2,1-3H3,(H2,28,30)/t24-/m0/s1. The topological polar surface area (TPSA) is 164 Å². The second-order valence-corrected chi connectivity index (χ2v) is 10.9. The van der Waals surface area contributed by atoms with Gasteiger partial charge in [-0.1, -0.05) is 24.3 Å². The van der Waals surface area contributed by atoms with E-state index in [1.807, 2.05) is 12.1 Å². The molecule has 11 nitrogen and oxygen atoms in total. The van der Waals surface area contributed by atoms with Crippen LogP contribution < -0.4 is 20.5 Å². The summed E-state index contributed by atoms with van der Waals surface area (Å²) in [7, 11) is -4.40. The van der Waals surface area contributed by atoms with Gasteiger partial charge in [0.05, 0.1) is 29.9 Å². The van der Waals surface area contributed by atoms with Crippen molar-refractivity contribution in [1.82, 2.24) is 4.98 Å². The molecule has 208 valence electrons. The molecule has 12 heteroatoms. The van der Waals surface area contributed by atoms with Crippen LogP contribution in [0.5, 0.6) is 5.75 Å². The zero-order chi connectivity index (χ0) is 28.6. The van der Waals surface area contributed by atoms with Crippen molar-refractivity contribution in [3.05, 3.63) is 84.1 Å². The van der Waals surface area contributed by atoms with Crippen molar-refractivity contribution in [3.8, 4) is 5.75 Å². The Bertz CT molecular complexity index is 1380. The SMILES string of the molecule is CC(C)(C)OS(=O)(=O)N(c1ccccc1)[C@H](N)CC(=O)OC(=O)c1ccc(OCCc2cccc(N)n2)cc1. The van der Waals surface area contributed by atoms with Gasteiger partial charge in [0.15, 0.2) is 0 Å². The summed E-state index contributed by atoms with van der Waals surface area (Å²) in [5.41, 5.74) is 11.8. The molecule has 0 saturated carbocycles. The van der Waals surface area contributed by atoms with E-state index in [9.17, 15) is 18.0 Å². The molecule has 0 spiro atoms. The Balaban J connectivity index is 1.59. The van der Waals surface area contributed by atoms with Gasteiger partial charge in [0.2, 0.25) is 0 Å². The van der Waals surface area contributed by atoms with Gasteiger partial charge in [0.25, 0.3) is 0 Å². The quantitative estimate of drug-likeness (QED) is 0.204. The molecule has 1 atom stereocenters. The number of hydrogen-bond donors (Lipinski definition) is 2. The molecule has 39 heavy (non-hydrogen) atoms. The smallest absolute Gasteiger partial charge is 0.364 e. The maximum atomic E-state index is 13.0. The summed E-state index contributed by atoms with van der Waals surface area (Å²) in [6.45, 7) is 5.05. The van der Waals surface area contributed by atoms with Crippen molar-refractivity contribution in [2.24, 2.45) is 5.73 Å². The van der Waals surface area contributed by atoms with Gasteiger partial charge in [-0.15, -0.1) is 0 Å². The second-order valence-electron chi connectivity index (χ2n) is 9.49. The number of aromatic nitrogens is 1. The second kappa shape index (κ2) is 12.7. The zero-order valence-electron chi connectivity index (χ0n) is 21.9. The number of hydrogen-bond acceptors (Lipinski definition) is 10. The number of benzene rings is 2. The Morgan fingerprint density at radius 1 is 0.974 bits per heavy atom. The molecule has 0 amide bonds. The minimum Gasteiger partial charge on any atom is -0.493 e. The minimum absolute atomic E-state index is 0.102. The van der Waals surface area contributed by atoms with E-state index in [0.717, 1.165) is 10.00 Å². The molecule has 1 aromatic heterocycles. The molecule has 0 aliphatic rings. The molecular weight excluding hydrogens is 524 g/mol. The normalized spacial score (nSPS) is 12.4. The molecule has 1 heterocycles. The molecule has 3 rings (SSSR count). The molecule has 0 aliphatic carbocycles. The average molecular weight is 557 g/mol. The minimum atomic E-state index is -4.40. The van der Waals surface area contributed by atoms with Crippen LogP contribution in [0.1, 0.15) is 43.2 Å². The molecule has 0 aliphatic heterocycles. The number of nitrogen functional groups attached to an aromatic ring is 1. The first-order valence-corrected chi connectivity index (χ1v) is 13.5. The Morgan fingerprint density at radius 3 is 2.26 bits per heavy atom. The van der Waals surface area contributed by atoms with E-state index >= 15 is 0 Å². The fourth-order valence-corrected chi connectivity index (χ4v) is 4.97. The van der Waals surface area contributed by atoms with E-state index in [4.69, 9.17) is 25.1 Å². The summed E-state index contributed by atoms with van der Waals surface area (Å²) in [6, 6.07) is 19.3. The third kappa shape index (κ3) is 9.06. The van der Waals surface area contributed by atoms with Crippen molar-refractivity contribution < 1.29 is 31.7 Å². The van der Waals surface area contributed by atoms with Crippen molar-refractivity contribution in [3.63, 3.8) is 0 Å². The predicted molar refractivity (Wildman–Crippen MR) is 146 cm³/mol. The average Bonchev–Trinajstić information content (AvgIpc) is 2.83. The largest absolute Gasteiger partial charge is 0.493 e. The number of carbonyl (C=O) groups excluding carboxylic acids is 2. The molecule has 0 bridgehead atoms. The number of carbonyl (C=O) groups is 2. The highest BCUT2D eigenvalue weighted by Gasteiger charge is 2.34. The summed E-state index contributed by atoms with van der Waals surface area (Å²) in [4.78, 5) is 29.2. The monoisotopic (exact) mass is 556 g/mol. The zero-order valence-corrected chi connectivity index (χ0v) is 22.8. The van der Waals surface area contributed by atoms with Crippen molar-refractivity contribution in [2.75, 3.05) is 16.6 Å². The number of anilines is 2. The Labute approximate surface area is 227 Å². The molecule has 2 aromatic carbocycles. The van der Waals surface area contributed by atoms with Gasteiger partial charge < -0.3 is 20.9 Å². The third-order valence-electron chi connectivity index (χ3n) is 5.04. The first-order valence-electron chi connectivity index (χ1n) is 12.1. The fraction of sp³-hybridized carbons (Fsp3) is 0.296. The number of pyridine rings is 1. The van der Waals surface area contributed by atoms with E-state index in [1.54, 1.807) is 57.2 Å². The number of nitrogens with zero attached hydrogens (tertiary/aromatic N) is 2. The molecule has 0 saturated heterocycles. The van der Waals surface area contributed by atoms with Gasteiger partial charge in [-0.2, -0.15) is 8.42 Å². The summed E-state index contributed by atoms with van der Waals surface area (Å²) in [5, 5.41) is 0. The highest BCUT2D eigenvalue weighted by molar-refractivity contribution is 7.88. The highest BCUT2D eigenvalue weighted by atomic mass is 32.2. The highest BCUT2D eigenvalue weighted by Crippen LogP contribution is 2.25. The first-order chi connectivity index (χ1) is 18.3. The van der Waals surface area contributed by atoms with E-state index in [2.05, 4.69) is 4.98 Å². The van der Waals surface area contributed by atoms with Crippen LogP contribution in [0, 0.1) is 0 Å². The molecule has 0 fully saturated rings. The number of para-hydroxylation sites is 1. The first kappa shape index (κ1) is 29.6. The van der Waals surface area contributed by atoms with Gasteiger partial charge in [-0.05, 0) is 69.3 Å². The summed E-state index contributed by atoms with van der Waals surface area (Å²) >= 11 is 0. The lowest BCUT2D eigenvalue weighted by Gasteiger charge is -2.31. The van der Waals surface area contributed by atoms with Crippen LogP contribution in [0.25, 0.3) is 0 Å². The fourth-order valence-electron chi connectivity index (χ4n) is 3.47. The molecular formula is C27H32N4O7S. The molecule has 3 aromatic rings. The molecule has 0 unspecified atom stereocenters. The lowest BCUT2D eigenvalue weighted by atomic mass is 10.2. The van der Waals surface area contributed by atoms with Crippen LogP contribution in [-0.4, -0.2) is 43.7 Å². The van der Waals surface area contributed by atoms with Crippen LogP contribution in [0.4, 0.5) is 11.5 Å². The number of esters is 2. The van der Waals surface area contributed by atoms with E-state index in [1.165, 1.54) is 24.3 Å². The summed E-state index contributed by atoms with van der Waals surface area (Å²) in [5.74, 6) is -0.984. The van der Waals surface area contributed by atoms with E-state index < -0.39 is 40.4 Å². The Kier molecular flexibility index (Phi) is 9.62. The van der Waals surface area contributed by atoms with Gasteiger partial charge in [-0.25, -0.2) is 18.3 Å². The number of ether oxygens (including phenoxy) is 2. The van der Waals surface area contributed by atoms with Crippen LogP contribution in [-0.2, 0) is 30.4 Å². The van der Waals surface area contributed by atoms with Crippen molar-refractivity contribution in [2.45, 2.75) is 45.4 Å². The number of nitrogens with two attached hydrogens (primary N) is 2. The van der Waals surface area contributed by atoms with Crippen molar-refractivity contribution in [1.29, 1.82) is 0 Å². The van der Waals surface area contributed by atoms with Gasteiger partial charge in [-0.3, -0.25) is 4.79 Å². The third-order valence-corrected chi connectivity index (χ3v) is 6.71. The van der Waals surface area contributed by atoms with E-state index in [-0.39, 0.29) is 11.3 Å². The Morgan fingerprint density at radius 2 is 1.64 bits per heavy atom. The van der Waals surface area contributed by atoms with Crippen LogP contribution in [0.15, 0.2) is 72.8 Å². The lowest BCUT2D eigenvalue weighted by molar-refractivity contribution is -0.138. The van der Waals surface area contributed by atoms with Crippen LogP contribution in [0.2, 0.25) is 0 Å².